The van der Waals surface area contributed by atoms with Crippen molar-refractivity contribution >= 4 is 35.3 Å². The summed E-state index contributed by atoms with van der Waals surface area (Å²) in [5, 5.41) is 5.10. The van der Waals surface area contributed by atoms with Crippen molar-refractivity contribution < 1.29 is 27.2 Å². The van der Waals surface area contributed by atoms with Crippen molar-refractivity contribution in [3.8, 4) is 0 Å². The Labute approximate surface area is 269 Å². The zero-order chi connectivity index (χ0) is 33.0. The third kappa shape index (κ3) is 7.05. The van der Waals surface area contributed by atoms with E-state index in [0.29, 0.717) is 57.2 Å². The Bertz CT molecular complexity index is 1720. The Hall–Kier alpha value is -5.40. The van der Waals surface area contributed by atoms with Crippen LogP contribution in [0, 0.1) is 5.82 Å². The average molecular weight is 647 g/mol. The van der Waals surface area contributed by atoms with E-state index >= 15 is 0 Å². The number of alkyl halides is 2. The first-order valence-electron chi connectivity index (χ1n) is 15.2. The van der Waals surface area contributed by atoms with Gasteiger partial charge in [-0.3, -0.25) is 4.79 Å². The first-order valence-corrected chi connectivity index (χ1v) is 15.2. The van der Waals surface area contributed by atoms with E-state index in [-0.39, 0.29) is 17.4 Å². The molecule has 2 aromatic carbocycles. The average Bonchev–Trinajstić information content (AvgIpc) is 3.57. The molecule has 14 heteroatoms. The zero-order valence-corrected chi connectivity index (χ0v) is 25.4. The molecule has 244 valence electrons. The van der Waals surface area contributed by atoms with Gasteiger partial charge in [0.2, 0.25) is 11.7 Å². The molecule has 2 saturated heterocycles. The highest BCUT2D eigenvalue weighted by atomic mass is 19.3. The van der Waals surface area contributed by atoms with Gasteiger partial charge in [-0.1, -0.05) is 49.0 Å². The molecular weight excluding hydrogens is 613 g/mol. The van der Waals surface area contributed by atoms with Gasteiger partial charge in [0.1, 0.15) is 5.82 Å². The number of nitrogens with one attached hydrogen (secondary N) is 2. The quantitative estimate of drug-likeness (QED) is 0.228. The van der Waals surface area contributed by atoms with Crippen molar-refractivity contribution in [1.82, 2.24) is 19.9 Å². The molecule has 2 aliphatic rings. The van der Waals surface area contributed by atoms with Crippen molar-refractivity contribution in [3.63, 3.8) is 0 Å². The van der Waals surface area contributed by atoms with Gasteiger partial charge in [0.25, 0.3) is 11.9 Å². The van der Waals surface area contributed by atoms with E-state index in [9.17, 15) is 22.8 Å². The molecule has 2 fully saturated rings. The van der Waals surface area contributed by atoms with Gasteiger partial charge in [0.05, 0.1) is 23.8 Å². The number of benzene rings is 2. The number of piperidine rings is 1. The monoisotopic (exact) mass is 646 g/mol. The lowest BCUT2D eigenvalue weighted by atomic mass is 9.90. The fourth-order valence-corrected chi connectivity index (χ4v) is 5.65. The third-order valence-electron chi connectivity index (χ3n) is 8.29. The van der Waals surface area contributed by atoms with Gasteiger partial charge >= 0.3 is 12.0 Å². The van der Waals surface area contributed by atoms with Crippen LogP contribution in [0.25, 0.3) is 0 Å². The normalized spacial score (nSPS) is 15.8. The molecular formula is C33H33F3N8O3. The molecule has 2 N–H and O–H groups in total. The Morgan fingerprint density at radius 3 is 2.21 bits per heavy atom. The summed E-state index contributed by atoms with van der Waals surface area (Å²) in [4.78, 5) is 43.6. The van der Waals surface area contributed by atoms with Crippen LogP contribution in [0.15, 0.2) is 84.1 Å². The zero-order valence-electron chi connectivity index (χ0n) is 25.4. The molecule has 47 heavy (non-hydrogen) atoms. The van der Waals surface area contributed by atoms with Crippen LogP contribution in [0.5, 0.6) is 0 Å². The van der Waals surface area contributed by atoms with Gasteiger partial charge in [-0.05, 0) is 42.5 Å². The smallest absolute Gasteiger partial charge is 0.322 e. The number of hydrogen-bond acceptors (Lipinski definition) is 8. The predicted molar refractivity (Wildman–Crippen MR) is 170 cm³/mol. The molecule has 4 aromatic rings. The first-order chi connectivity index (χ1) is 22.7. The van der Waals surface area contributed by atoms with Gasteiger partial charge in [0.15, 0.2) is 5.69 Å². The van der Waals surface area contributed by atoms with Gasteiger partial charge in [-0.2, -0.15) is 13.8 Å². The molecule has 0 atom stereocenters. The van der Waals surface area contributed by atoms with Crippen molar-refractivity contribution in [3.05, 3.63) is 102 Å². The van der Waals surface area contributed by atoms with Crippen LogP contribution >= 0.6 is 0 Å². The number of amides is 3. The number of piperazine rings is 1. The van der Waals surface area contributed by atoms with Gasteiger partial charge < -0.3 is 29.8 Å². The number of oxazole rings is 1. The van der Waals surface area contributed by atoms with E-state index in [1.807, 2.05) is 23.1 Å². The lowest BCUT2D eigenvalue weighted by Gasteiger charge is -2.34. The van der Waals surface area contributed by atoms with E-state index in [2.05, 4.69) is 44.3 Å². The van der Waals surface area contributed by atoms with Crippen LogP contribution in [0.4, 0.5) is 41.3 Å². The number of nitrogens with zero attached hydrogens (tertiary/aromatic N) is 6. The molecule has 3 amide bonds. The summed E-state index contributed by atoms with van der Waals surface area (Å²) < 4.78 is 49.3. The number of halogens is 3. The fourth-order valence-electron chi connectivity index (χ4n) is 5.65. The van der Waals surface area contributed by atoms with Crippen molar-refractivity contribution in [2.45, 2.75) is 24.7 Å². The molecule has 0 bridgehead atoms. The minimum atomic E-state index is -3.61. The number of allylic oxidation sites excluding steroid dienone is 1. The van der Waals surface area contributed by atoms with Crippen LogP contribution in [0.1, 0.15) is 40.6 Å². The van der Waals surface area contributed by atoms with Crippen molar-refractivity contribution in [2.24, 2.45) is 0 Å². The lowest BCUT2D eigenvalue weighted by molar-refractivity contribution is 0.0456. The predicted octanol–water partition coefficient (Wildman–Crippen LogP) is 5.87. The maximum absolute atomic E-state index is 14.9. The third-order valence-corrected chi connectivity index (χ3v) is 8.29. The maximum Gasteiger partial charge on any atom is 0.322 e. The summed E-state index contributed by atoms with van der Waals surface area (Å²) in [7, 11) is 0. The van der Waals surface area contributed by atoms with Crippen LogP contribution in [0.2, 0.25) is 0 Å². The molecule has 0 spiro atoms. The summed E-state index contributed by atoms with van der Waals surface area (Å²) in [5.74, 6) is -4.98. The van der Waals surface area contributed by atoms with E-state index in [4.69, 9.17) is 4.42 Å². The molecule has 2 aliphatic heterocycles. The number of carbonyl (C=O) groups excluding carboxylic acids is 2. The minimum absolute atomic E-state index is 0.0495. The van der Waals surface area contributed by atoms with Crippen LogP contribution in [-0.2, 0) is 5.92 Å². The highest BCUT2D eigenvalue weighted by Gasteiger charge is 2.39. The molecule has 4 heterocycles. The number of rotatable bonds is 8. The number of carbonyl (C=O) groups is 2. The summed E-state index contributed by atoms with van der Waals surface area (Å²) >= 11 is 0. The largest absolute Gasteiger partial charge is 0.418 e. The Kier molecular flexibility index (Phi) is 9.09. The molecule has 0 radical (unpaired) electrons. The molecule has 11 nitrogen and oxygen atoms in total. The first kappa shape index (κ1) is 31.6. The number of aromatic nitrogens is 3. The Balaban J connectivity index is 1.07. The van der Waals surface area contributed by atoms with Crippen LogP contribution < -0.4 is 20.4 Å². The molecule has 2 aromatic heterocycles. The number of urea groups is 1. The van der Waals surface area contributed by atoms with E-state index in [1.54, 1.807) is 21.9 Å². The molecule has 6 rings (SSSR count). The number of anilines is 4. The second kappa shape index (κ2) is 13.5. The minimum Gasteiger partial charge on any atom is -0.418 e. The van der Waals surface area contributed by atoms with E-state index < -0.39 is 35.1 Å². The van der Waals surface area contributed by atoms with E-state index in [1.165, 1.54) is 30.1 Å². The molecule has 0 unspecified atom stereocenters. The fraction of sp³-hybridized carbons (Fsp3) is 0.303. The van der Waals surface area contributed by atoms with Crippen molar-refractivity contribution in [1.29, 1.82) is 0 Å². The molecule has 0 saturated carbocycles. The SMILES string of the molecule is C=CC(F)(F)c1nc(N2CCC(c3ccccc3)CC2)oc1C(=O)Nc1cnc(N2CCN(C(=O)Nc3ccccc3F)CC2)nc1. The molecule has 0 aliphatic carbocycles. The van der Waals surface area contributed by atoms with Gasteiger partial charge in [-0.15, -0.1) is 0 Å². The Morgan fingerprint density at radius 2 is 1.55 bits per heavy atom. The highest BCUT2D eigenvalue weighted by molar-refractivity contribution is 6.03. The second-order valence-electron chi connectivity index (χ2n) is 11.3. The van der Waals surface area contributed by atoms with Crippen LogP contribution in [-0.4, -0.2) is 71.1 Å². The van der Waals surface area contributed by atoms with Gasteiger partial charge in [0, 0.05) is 39.3 Å². The summed E-state index contributed by atoms with van der Waals surface area (Å²) in [5.41, 5.74) is 0.667. The standard InChI is InChI=1S/C33H33F3N8O3/c1-2-33(35,36)28-27(47-32(41-28)44-14-12-23(13-15-44)22-8-4-3-5-9-22)29(45)39-24-20-37-30(38-21-24)42-16-18-43(19-17-42)31(46)40-26-11-7-6-10-25(26)34/h2-11,20-21,23H,1,12-19H2,(H,39,45)(H,40,46). The summed E-state index contributed by atoms with van der Waals surface area (Å²) in [6, 6.07) is 15.6. The number of hydrogen-bond donors (Lipinski definition) is 2. The number of para-hydroxylation sites is 1. The van der Waals surface area contributed by atoms with Crippen LogP contribution in [0.3, 0.4) is 0 Å². The van der Waals surface area contributed by atoms with Gasteiger partial charge in [-0.25, -0.2) is 19.2 Å². The lowest BCUT2D eigenvalue weighted by Crippen LogP contribution is -2.50. The van der Waals surface area contributed by atoms with Crippen molar-refractivity contribution in [2.75, 3.05) is 59.7 Å². The topological polar surface area (TPSA) is 120 Å². The summed E-state index contributed by atoms with van der Waals surface area (Å²) in [6.07, 6.45) is 4.69. The maximum atomic E-state index is 14.9. The second-order valence-corrected chi connectivity index (χ2v) is 11.3. The van der Waals surface area contributed by atoms with E-state index in [0.717, 1.165) is 12.8 Å². The highest BCUT2D eigenvalue weighted by Crippen LogP contribution is 2.36. The Morgan fingerprint density at radius 1 is 0.894 bits per heavy atom. The summed E-state index contributed by atoms with van der Waals surface area (Å²) in [6.45, 7) is 5.79.